The molecule has 7 nitrogen and oxygen atoms in total. The van der Waals surface area contributed by atoms with E-state index in [1.807, 2.05) is 6.07 Å². The van der Waals surface area contributed by atoms with Gasteiger partial charge in [0.05, 0.1) is 19.4 Å². The van der Waals surface area contributed by atoms with Crippen LogP contribution in [0.2, 0.25) is 0 Å². The lowest BCUT2D eigenvalue weighted by molar-refractivity contribution is -0.0110. The number of rotatable bonds is 9. The van der Waals surface area contributed by atoms with Crippen LogP contribution < -0.4 is 20.3 Å². The van der Waals surface area contributed by atoms with E-state index in [4.69, 9.17) is 21.7 Å². The summed E-state index contributed by atoms with van der Waals surface area (Å²) in [6.45, 7) is 10.5. The first kappa shape index (κ1) is 23.5. The molecule has 178 valence electrons. The lowest BCUT2D eigenvalue weighted by Gasteiger charge is -2.51. The van der Waals surface area contributed by atoms with E-state index in [0.717, 1.165) is 62.0 Å². The third-order valence-corrected chi connectivity index (χ3v) is 7.68. The SMILES string of the molecule is COCCNC(=S)NC[C@H]1C[C@H]2CCN1C[C@@H]2CN1CCN(c2ccccc2OC)CC1. The number of benzene rings is 1. The number of hydrogen-bond donors (Lipinski definition) is 2. The third kappa shape index (κ3) is 5.84. The molecule has 8 heteroatoms. The monoisotopic (exact) mass is 461 g/mol. The van der Waals surface area contributed by atoms with Crippen LogP contribution in [0.3, 0.4) is 0 Å². The van der Waals surface area contributed by atoms with Gasteiger partial charge in [0, 0.05) is 65.5 Å². The fourth-order valence-electron chi connectivity index (χ4n) is 5.60. The summed E-state index contributed by atoms with van der Waals surface area (Å²) in [7, 11) is 3.47. The summed E-state index contributed by atoms with van der Waals surface area (Å²) in [6.07, 6.45) is 2.64. The smallest absolute Gasteiger partial charge is 0.166 e. The molecule has 0 amide bonds. The molecule has 4 atom stereocenters. The number of fused-ring (bicyclic) bond motifs is 3. The van der Waals surface area contributed by atoms with E-state index in [0.29, 0.717) is 12.6 Å². The van der Waals surface area contributed by atoms with Crippen molar-refractivity contribution in [2.45, 2.75) is 18.9 Å². The molecule has 0 saturated carbocycles. The maximum Gasteiger partial charge on any atom is 0.166 e. The normalized spacial score (nSPS) is 27.9. The average Bonchev–Trinajstić information content (AvgIpc) is 2.84. The van der Waals surface area contributed by atoms with Gasteiger partial charge in [0.15, 0.2) is 5.11 Å². The Labute approximate surface area is 198 Å². The standard InChI is InChI=1S/C24H39N5O2S/c1-30-14-8-25-24(32)26-16-21-15-19-7-9-29(21)18-20(19)17-27-10-12-28(13-11-27)22-5-3-4-6-23(22)31-2/h3-6,19-21H,7-18H2,1-2H3,(H2,25,26,32)/t19-,20+,21-/m1/s1. The second-order valence-electron chi connectivity index (χ2n) is 9.28. The number of thiocarbonyl (C=S) groups is 1. The van der Waals surface area contributed by atoms with Crippen LogP contribution in [0.1, 0.15) is 12.8 Å². The van der Waals surface area contributed by atoms with E-state index < -0.39 is 0 Å². The van der Waals surface area contributed by atoms with Crippen molar-refractivity contribution in [1.29, 1.82) is 0 Å². The zero-order chi connectivity index (χ0) is 22.3. The fourth-order valence-corrected chi connectivity index (χ4v) is 5.79. The number of nitrogens with one attached hydrogen (secondary N) is 2. The van der Waals surface area contributed by atoms with Crippen molar-refractivity contribution < 1.29 is 9.47 Å². The van der Waals surface area contributed by atoms with E-state index in [1.165, 1.54) is 38.2 Å². The van der Waals surface area contributed by atoms with Gasteiger partial charge >= 0.3 is 0 Å². The number of anilines is 1. The van der Waals surface area contributed by atoms with Crippen molar-refractivity contribution >= 4 is 23.0 Å². The third-order valence-electron chi connectivity index (χ3n) is 7.39. The first-order valence-corrected chi connectivity index (χ1v) is 12.4. The Bertz CT molecular complexity index is 743. The molecule has 1 unspecified atom stereocenters. The zero-order valence-corrected chi connectivity index (χ0v) is 20.4. The molecule has 0 spiro atoms. The van der Waals surface area contributed by atoms with Crippen LogP contribution in [0.5, 0.6) is 5.75 Å². The minimum absolute atomic E-state index is 0.606. The number of para-hydroxylation sites is 2. The summed E-state index contributed by atoms with van der Waals surface area (Å²) in [4.78, 5) is 7.85. The highest BCUT2D eigenvalue weighted by molar-refractivity contribution is 7.80. The quantitative estimate of drug-likeness (QED) is 0.425. The van der Waals surface area contributed by atoms with Gasteiger partial charge in [-0.25, -0.2) is 0 Å². The molecular formula is C24H39N5O2S. The molecule has 0 aliphatic carbocycles. The van der Waals surface area contributed by atoms with Crippen molar-refractivity contribution in [3.8, 4) is 5.75 Å². The van der Waals surface area contributed by atoms with Crippen LogP contribution in [0, 0.1) is 11.8 Å². The van der Waals surface area contributed by atoms with Crippen molar-refractivity contribution in [1.82, 2.24) is 20.4 Å². The van der Waals surface area contributed by atoms with Crippen LogP contribution in [-0.4, -0.2) is 101 Å². The molecule has 32 heavy (non-hydrogen) atoms. The van der Waals surface area contributed by atoms with Crippen molar-refractivity contribution in [2.75, 3.05) is 84.6 Å². The molecule has 4 aliphatic rings. The molecular weight excluding hydrogens is 422 g/mol. The van der Waals surface area contributed by atoms with Crippen LogP contribution in [0.15, 0.2) is 24.3 Å². The fraction of sp³-hybridized carbons (Fsp3) is 0.708. The molecule has 4 heterocycles. The van der Waals surface area contributed by atoms with Gasteiger partial charge in [-0.15, -0.1) is 0 Å². The molecule has 2 N–H and O–H groups in total. The predicted molar refractivity (Wildman–Crippen MR) is 134 cm³/mol. The highest BCUT2D eigenvalue weighted by Crippen LogP contribution is 2.37. The van der Waals surface area contributed by atoms with Gasteiger partial charge in [0.1, 0.15) is 5.75 Å². The molecule has 4 aliphatic heterocycles. The van der Waals surface area contributed by atoms with Crippen molar-refractivity contribution in [3.05, 3.63) is 24.3 Å². The van der Waals surface area contributed by atoms with Gasteiger partial charge in [-0.1, -0.05) is 12.1 Å². The van der Waals surface area contributed by atoms with Gasteiger partial charge in [0.2, 0.25) is 0 Å². The summed E-state index contributed by atoms with van der Waals surface area (Å²) >= 11 is 5.40. The van der Waals surface area contributed by atoms with Gasteiger partial charge < -0.3 is 25.0 Å². The lowest BCUT2D eigenvalue weighted by atomic mass is 9.75. The number of nitrogens with zero attached hydrogens (tertiary/aromatic N) is 3. The summed E-state index contributed by atoms with van der Waals surface area (Å²) in [5.41, 5.74) is 1.22. The average molecular weight is 462 g/mol. The Morgan fingerprint density at radius 2 is 1.91 bits per heavy atom. The van der Waals surface area contributed by atoms with E-state index in [1.54, 1.807) is 14.2 Å². The summed E-state index contributed by atoms with van der Waals surface area (Å²) < 4.78 is 10.6. The number of methoxy groups -OCH3 is 2. The molecule has 0 aromatic heterocycles. The van der Waals surface area contributed by atoms with E-state index in [-0.39, 0.29) is 0 Å². The molecule has 4 saturated heterocycles. The van der Waals surface area contributed by atoms with E-state index in [2.05, 4.69) is 43.5 Å². The summed E-state index contributed by atoms with van der Waals surface area (Å²) in [6, 6.07) is 8.98. The Morgan fingerprint density at radius 1 is 1.09 bits per heavy atom. The molecule has 2 bridgehead atoms. The van der Waals surface area contributed by atoms with Crippen LogP contribution in [0.25, 0.3) is 0 Å². The Kier molecular flexibility index (Phi) is 8.46. The van der Waals surface area contributed by atoms with Gasteiger partial charge in [-0.3, -0.25) is 9.80 Å². The number of ether oxygens (including phenoxy) is 2. The van der Waals surface area contributed by atoms with Gasteiger partial charge in [-0.2, -0.15) is 0 Å². The number of hydrogen-bond acceptors (Lipinski definition) is 6. The first-order valence-electron chi connectivity index (χ1n) is 12.0. The topological polar surface area (TPSA) is 52.2 Å². The van der Waals surface area contributed by atoms with Crippen LogP contribution in [-0.2, 0) is 4.74 Å². The molecule has 0 radical (unpaired) electrons. The Morgan fingerprint density at radius 3 is 2.62 bits per heavy atom. The molecule has 4 fully saturated rings. The highest BCUT2D eigenvalue weighted by atomic mass is 32.1. The van der Waals surface area contributed by atoms with Crippen molar-refractivity contribution in [3.63, 3.8) is 0 Å². The van der Waals surface area contributed by atoms with Gasteiger partial charge in [-0.05, 0) is 55.6 Å². The largest absolute Gasteiger partial charge is 0.495 e. The van der Waals surface area contributed by atoms with E-state index in [9.17, 15) is 0 Å². The minimum Gasteiger partial charge on any atom is -0.495 e. The minimum atomic E-state index is 0.606. The highest BCUT2D eigenvalue weighted by Gasteiger charge is 2.40. The zero-order valence-electron chi connectivity index (χ0n) is 19.6. The first-order chi connectivity index (χ1) is 15.7. The second kappa shape index (κ2) is 11.5. The van der Waals surface area contributed by atoms with E-state index >= 15 is 0 Å². The van der Waals surface area contributed by atoms with Crippen molar-refractivity contribution in [2.24, 2.45) is 11.8 Å². The number of piperidine rings is 3. The van der Waals surface area contributed by atoms with Gasteiger partial charge in [0.25, 0.3) is 0 Å². The molecule has 5 rings (SSSR count). The summed E-state index contributed by atoms with van der Waals surface area (Å²) in [5.74, 6) is 2.62. The lowest BCUT2D eigenvalue weighted by Crippen LogP contribution is -2.59. The maximum absolute atomic E-state index is 5.57. The molecule has 1 aromatic rings. The maximum atomic E-state index is 5.57. The Hall–Kier alpha value is -1.61. The Balaban J connectivity index is 1.20. The number of piperazine rings is 1. The van der Waals surface area contributed by atoms with Crippen LogP contribution >= 0.6 is 12.2 Å². The van der Waals surface area contributed by atoms with Crippen LogP contribution in [0.4, 0.5) is 5.69 Å². The summed E-state index contributed by atoms with van der Waals surface area (Å²) in [5, 5.41) is 7.37. The second-order valence-corrected chi connectivity index (χ2v) is 9.69. The predicted octanol–water partition coefficient (Wildman–Crippen LogP) is 1.64. The molecule has 1 aromatic carbocycles.